The molecule has 0 aromatic carbocycles. The predicted molar refractivity (Wildman–Crippen MR) is 49.7 cm³/mol. The molecule has 0 radical (unpaired) electrons. The average molecular weight is 169 g/mol. The second kappa shape index (κ2) is 6.02. The first kappa shape index (κ1) is 11.4. The molecular formula is C10H19NO. The van der Waals surface area contributed by atoms with Crippen molar-refractivity contribution >= 4 is 0 Å². The van der Waals surface area contributed by atoms with E-state index in [4.69, 9.17) is 10.00 Å². The van der Waals surface area contributed by atoms with Crippen LogP contribution >= 0.6 is 0 Å². The minimum atomic E-state index is 0.243. The van der Waals surface area contributed by atoms with E-state index in [1.807, 2.05) is 13.8 Å². The van der Waals surface area contributed by atoms with Crippen LogP contribution in [0.25, 0.3) is 0 Å². The molecule has 1 aliphatic heterocycles. The molecule has 0 bridgehead atoms. The Kier molecular flexibility index (Phi) is 5.74. The van der Waals surface area contributed by atoms with Gasteiger partial charge in [-0.05, 0) is 18.3 Å². The number of ether oxygens (including phenoxy) is 1. The van der Waals surface area contributed by atoms with Crippen molar-refractivity contribution in [2.45, 2.75) is 40.0 Å². The smallest absolute Gasteiger partial charge is 0.0627 e. The van der Waals surface area contributed by atoms with Crippen molar-refractivity contribution in [3.63, 3.8) is 0 Å². The third-order valence-corrected chi connectivity index (χ3v) is 2.21. The zero-order valence-corrected chi connectivity index (χ0v) is 8.39. The first-order valence-electron chi connectivity index (χ1n) is 4.72. The van der Waals surface area contributed by atoms with E-state index in [1.165, 1.54) is 0 Å². The lowest BCUT2D eigenvalue weighted by Gasteiger charge is -2.30. The van der Waals surface area contributed by atoms with E-state index < -0.39 is 0 Å². The van der Waals surface area contributed by atoms with Crippen LogP contribution in [0.15, 0.2) is 0 Å². The predicted octanol–water partition coefficient (Wildman–Crippen LogP) is 2.74. The first-order chi connectivity index (χ1) is 5.77. The Bertz CT molecular complexity index is 142. The molecule has 0 unspecified atom stereocenters. The van der Waals surface area contributed by atoms with Gasteiger partial charge in [-0.1, -0.05) is 20.8 Å². The number of rotatable bonds is 1. The fourth-order valence-electron chi connectivity index (χ4n) is 1.23. The molecule has 2 heteroatoms. The number of hydrogen-bond donors (Lipinski definition) is 0. The van der Waals surface area contributed by atoms with Gasteiger partial charge in [0, 0.05) is 19.6 Å². The van der Waals surface area contributed by atoms with E-state index in [0.29, 0.717) is 6.42 Å². The SMILES string of the molecule is CC.CC1(CC#N)CCOCC1. The van der Waals surface area contributed by atoms with Crippen molar-refractivity contribution in [2.24, 2.45) is 5.41 Å². The standard InChI is InChI=1S/C8H13NO.C2H6/c1-8(2-5-9)3-6-10-7-4-8;1-2/h2-4,6-7H2,1H3;1-2H3. The molecule has 0 aromatic rings. The van der Waals surface area contributed by atoms with Crippen molar-refractivity contribution < 1.29 is 4.74 Å². The maximum atomic E-state index is 8.49. The second-order valence-electron chi connectivity index (χ2n) is 3.26. The highest BCUT2D eigenvalue weighted by Crippen LogP contribution is 2.32. The van der Waals surface area contributed by atoms with Gasteiger partial charge in [0.25, 0.3) is 0 Å². The first-order valence-corrected chi connectivity index (χ1v) is 4.72. The van der Waals surface area contributed by atoms with Crippen LogP contribution < -0.4 is 0 Å². The molecule has 1 aliphatic rings. The Labute approximate surface area is 75.5 Å². The minimum Gasteiger partial charge on any atom is -0.381 e. The summed E-state index contributed by atoms with van der Waals surface area (Å²) >= 11 is 0. The summed E-state index contributed by atoms with van der Waals surface area (Å²) in [4.78, 5) is 0. The van der Waals surface area contributed by atoms with Crippen LogP contribution in [-0.4, -0.2) is 13.2 Å². The number of nitrogens with zero attached hydrogens (tertiary/aromatic N) is 1. The Hall–Kier alpha value is -0.550. The van der Waals surface area contributed by atoms with Crippen molar-refractivity contribution in [2.75, 3.05) is 13.2 Å². The van der Waals surface area contributed by atoms with Gasteiger partial charge in [-0.2, -0.15) is 5.26 Å². The monoisotopic (exact) mass is 169 g/mol. The summed E-state index contributed by atoms with van der Waals surface area (Å²) in [6, 6.07) is 2.22. The highest BCUT2D eigenvalue weighted by molar-refractivity contribution is 4.86. The fraction of sp³-hybridized carbons (Fsp3) is 0.900. The van der Waals surface area contributed by atoms with Gasteiger partial charge in [-0.25, -0.2) is 0 Å². The summed E-state index contributed by atoms with van der Waals surface area (Å²) in [5.41, 5.74) is 0.243. The quantitative estimate of drug-likeness (QED) is 0.604. The summed E-state index contributed by atoms with van der Waals surface area (Å²) in [5, 5.41) is 8.49. The van der Waals surface area contributed by atoms with E-state index in [9.17, 15) is 0 Å². The van der Waals surface area contributed by atoms with Gasteiger partial charge >= 0.3 is 0 Å². The van der Waals surface area contributed by atoms with Gasteiger partial charge < -0.3 is 4.74 Å². The largest absolute Gasteiger partial charge is 0.381 e. The van der Waals surface area contributed by atoms with Crippen LogP contribution in [-0.2, 0) is 4.74 Å². The van der Waals surface area contributed by atoms with E-state index >= 15 is 0 Å². The Morgan fingerprint density at radius 1 is 1.33 bits per heavy atom. The van der Waals surface area contributed by atoms with Gasteiger partial charge in [-0.3, -0.25) is 0 Å². The van der Waals surface area contributed by atoms with E-state index in [2.05, 4.69) is 13.0 Å². The maximum absolute atomic E-state index is 8.49. The third kappa shape index (κ3) is 3.73. The molecule has 0 spiro atoms. The van der Waals surface area contributed by atoms with Gasteiger partial charge in [0.2, 0.25) is 0 Å². The highest BCUT2D eigenvalue weighted by atomic mass is 16.5. The van der Waals surface area contributed by atoms with Crippen LogP contribution in [0, 0.1) is 16.7 Å². The van der Waals surface area contributed by atoms with E-state index in [0.717, 1.165) is 26.1 Å². The van der Waals surface area contributed by atoms with Crippen LogP contribution in [0.3, 0.4) is 0 Å². The van der Waals surface area contributed by atoms with Crippen molar-refractivity contribution in [1.82, 2.24) is 0 Å². The molecule has 0 atom stereocenters. The minimum absolute atomic E-state index is 0.243. The number of nitriles is 1. The lowest BCUT2D eigenvalue weighted by atomic mass is 9.80. The summed E-state index contributed by atoms with van der Waals surface area (Å²) < 4.78 is 5.20. The molecule has 2 nitrogen and oxygen atoms in total. The zero-order valence-electron chi connectivity index (χ0n) is 8.39. The molecule has 1 fully saturated rings. The van der Waals surface area contributed by atoms with Gasteiger partial charge in [0.05, 0.1) is 6.07 Å². The van der Waals surface area contributed by atoms with Crippen LogP contribution in [0.4, 0.5) is 0 Å². The molecule has 1 rings (SSSR count). The summed E-state index contributed by atoms with van der Waals surface area (Å²) in [7, 11) is 0. The second-order valence-corrected chi connectivity index (χ2v) is 3.26. The Balaban J connectivity index is 0.000000561. The van der Waals surface area contributed by atoms with Crippen molar-refractivity contribution in [3.05, 3.63) is 0 Å². The number of hydrogen-bond acceptors (Lipinski definition) is 2. The van der Waals surface area contributed by atoms with Crippen molar-refractivity contribution in [3.8, 4) is 6.07 Å². The Morgan fingerprint density at radius 2 is 1.83 bits per heavy atom. The topological polar surface area (TPSA) is 33.0 Å². The molecule has 0 aliphatic carbocycles. The molecule has 0 N–H and O–H groups in total. The molecule has 1 saturated heterocycles. The molecule has 70 valence electrons. The molecule has 12 heavy (non-hydrogen) atoms. The van der Waals surface area contributed by atoms with Gasteiger partial charge in [-0.15, -0.1) is 0 Å². The van der Waals surface area contributed by atoms with Crippen LogP contribution in [0.2, 0.25) is 0 Å². The van der Waals surface area contributed by atoms with Crippen LogP contribution in [0.1, 0.15) is 40.0 Å². The summed E-state index contributed by atoms with van der Waals surface area (Å²) in [6.07, 6.45) is 2.76. The molecule has 1 heterocycles. The van der Waals surface area contributed by atoms with E-state index in [-0.39, 0.29) is 5.41 Å². The molecular weight excluding hydrogens is 150 g/mol. The average Bonchev–Trinajstić information content (AvgIpc) is 2.09. The normalized spacial score (nSPS) is 20.2. The van der Waals surface area contributed by atoms with Gasteiger partial charge in [0.15, 0.2) is 0 Å². The maximum Gasteiger partial charge on any atom is 0.0627 e. The molecule has 0 saturated carbocycles. The third-order valence-electron chi connectivity index (χ3n) is 2.21. The molecule has 0 aromatic heterocycles. The Morgan fingerprint density at radius 3 is 2.25 bits per heavy atom. The highest BCUT2D eigenvalue weighted by Gasteiger charge is 2.26. The summed E-state index contributed by atoms with van der Waals surface area (Å²) in [6.45, 7) is 7.83. The lowest BCUT2D eigenvalue weighted by Crippen LogP contribution is -2.25. The van der Waals surface area contributed by atoms with Crippen LogP contribution in [0.5, 0.6) is 0 Å². The molecule has 0 amide bonds. The fourth-order valence-corrected chi connectivity index (χ4v) is 1.23. The van der Waals surface area contributed by atoms with E-state index in [1.54, 1.807) is 0 Å². The van der Waals surface area contributed by atoms with Gasteiger partial charge in [0.1, 0.15) is 0 Å². The van der Waals surface area contributed by atoms with Crippen molar-refractivity contribution in [1.29, 1.82) is 5.26 Å². The zero-order chi connectivity index (χ0) is 9.45. The summed E-state index contributed by atoms with van der Waals surface area (Å²) in [5.74, 6) is 0. The lowest BCUT2D eigenvalue weighted by molar-refractivity contribution is 0.0261.